The van der Waals surface area contributed by atoms with Gasteiger partial charge in [0.2, 0.25) is 0 Å². The molecule has 2 nitrogen and oxygen atoms in total. The van der Waals surface area contributed by atoms with Crippen LogP contribution in [0.2, 0.25) is 0 Å². The van der Waals surface area contributed by atoms with E-state index < -0.39 is 0 Å². The second-order valence-corrected chi connectivity index (χ2v) is 16.0. The highest BCUT2D eigenvalue weighted by atomic mass is 32.1. The monoisotopic (exact) mass is 742 g/mol. The average Bonchev–Trinajstić information content (AvgIpc) is 3.82. The maximum absolute atomic E-state index is 2.50. The largest absolute Gasteiger partial charge is 0.309 e. The lowest BCUT2D eigenvalue weighted by Crippen LogP contribution is -2.11. The van der Waals surface area contributed by atoms with Crippen molar-refractivity contribution in [3.05, 3.63) is 206 Å². The van der Waals surface area contributed by atoms with E-state index in [1.807, 2.05) is 11.3 Å². The summed E-state index contributed by atoms with van der Waals surface area (Å²) < 4.78 is 4.99. The topological polar surface area (TPSA) is 8.17 Å². The highest BCUT2D eigenvalue weighted by Gasteiger charge is 2.22. The molecule has 2 aromatic heterocycles. The van der Waals surface area contributed by atoms with Gasteiger partial charge in [-0.3, -0.25) is 0 Å². The summed E-state index contributed by atoms with van der Waals surface area (Å²) in [5.74, 6) is 0. The number of hydrogen-bond donors (Lipinski definition) is 0. The summed E-state index contributed by atoms with van der Waals surface area (Å²) in [5, 5.41) is 12.5. The van der Waals surface area contributed by atoms with E-state index in [9.17, 15) is 0 Å². The third-order valence-electron chi connectivity index (χ3n) is 11.7. The number of nitrogens with zero attached hydrogens (tertiary/aromatic N) is 2. The van der Waals surface area contributed by atoms with Crippen molar-refractivity contribution in [3.63, 3.8) is 0 Å². The van der Waals surface area contributed by atoms with Gasteiger partial charge in [0.15, 0.2) is 0 Å². The van der Waals surface area contributed by atoms with Crippen molar-refractivity contribution in [1.29, 1.82) is 0 Å². The zero-order chi connectivity index (χ0) is 37.5. The molecular weight excluding hydrogens is 709 g/mol. The number of thiophene rings is 1. The Hall–Kier alpha value is -7.20. The molecule has 0 N–H and O–H groups in total. The Morgan fingerprint density at radius 2 is 0.982 bits per heavy atom. The van der Waals surface area contributed by atoms with Crippen LogP contribution in [0.25, 0.3) is 91.1 Å². The van der Waals surface area contributed by atoms with E-state index in [4.69, 9.17) is 0 Å². The number of hydrogen-bond acceptors (Lipinski definition) is 2. The van der Waals surface area contributed by atoms with Crippen LogP contribution >= 0.6 is 11.3 Å². The van der Waals surface area contributed by atoms with Crippen LogP contribution in [-0.2, 0) is 0 Å². The van der Waals surface area contributed by atoms with Gasteiger partial charge in [0.1, 0.15) is 0 Å². The van der Waals surface area contributed by atoms with E-state index in [2.05, 4.69) is 216 Å². The summed E-state index contributed by atoms with van der Waals surface area (Å²) in [7, 11) is 0. The molecule has 0 fully saturated rings. The fourth-order valence-electron chi connectivity index (χ4n) is 9.21. The lowest BCUT2D eigenvalue weighted by atomic mass is 9.94. The summed E-state index contributed by atoms with van der Waals surface area (Å²) in [4.78, 5) is 2.50. The molecule has 0 atom stereocenters. The van der Waals surface area contributed by atoms with Crippen molar-refractivity contribution in [2.24, 2.45) is 0 Å². The van der Waals surface area contributed by atoms with Gasteiger partial charge in [-0.25, -0.2) is 0 Å². The first-order valence-corrected chi connectivity index (χ1v) is 20.3. The quantitative estimate of drug-likeness (QED) is 0.159. The molecule has 0 unspecified atom stereocenters. The molecule has 0 spiro atoms. The molecule has 3 heteroatoms. The van der Waals surface area contributed by atoms with E-state index in [-0.39, 0.29) is 0 Å². The van der Waals surface area contributed by atoms with Gasteiger partial charge >= 0.3 is 0 Å². The number of aromatic nitrogens is 1. The Morgan fingerprint density at radius 3 is 1.82 bits per heavy atom. The van der Waals surface area contributed by atoms with Crippen molar-refractivity contribution >= 4 is 103 Å². The van der Waals surface area contributed by atoms with Crippen LogP contribution < -0.4 is 4.90 Å². The van der Waals surface area contributed by atoms with E-state index in [1.54, 1.807) is 0 Å². The van der Waals surface area contributed by atoms with E-state index >= 15 is 0 Å². The first-order chi connectivity index (χ1) is 28.3. The molecule has 0 aliphatic rings. The Bertz CT molecular complexity index is 3540. The summed E-state index contributed by atoms with van der Waals surface area (Å²) >= 11 is 1.86. The normalized spacial score (nSPS) is 11.9. The number of anilines is 3. The molecule has 0 bridgehead atoms. The van der Waals surface area contributed by atoms with Crippen molar-refractivity contribution in [1.82, 2.24) is 4.57 Å². The highest BCUT2D eigenvalue weighted by Crippen LogP contribution is 2.48. The van der Waals surface area contributed by atoms with Gasteiger partial charge in [0, 0.05) is 53.1 Å². The Balaban J connectivity index is 1.11. The Morgan fingerprint density at radius 1 is 0.351 bits per heavy atom. The number of para-hydroxylation sites is 2. The minimum absolute atomic E-state index is 1.14. The predicted molar refractivity (Wildman–Crippen MR) is 246 cm³/mol. The number of benzene rings is 10. The van der Waals surface area contributed by atoms with Gasteiger partial charge in [-0.05, 0) is 99.4 Å². The first kappa shape index (κ1) is 32.1. The lowest BCUT2D eigenvalue weighted by Gasteiger charge is -2.29. The van der Waals surface area contributed by atoms with Gasteiger partial charge in [0.25, 0.3) is 0 Å². The minimum Gasteiger partial charge on any atom is -0.309 e. The smallest absolute Gasteiger partial charge is 0.0546 e. The van der Waals surface area contributed by atoms with Gasteiger partial charge in [0.05, 0.1) is 22.4 Å². The van der Waals surface area contributed by atoms with Gasteiger partial charge in [-0.15, -0.1) is 11.3 Å². The molecule has 0 saturated heterocycles. The number of rotatable bonds is 5. The van der Waals surface area contributed by atoms with Crippen LogP contribution in [0.4, 0.5) is 17.1 Å². The van der Waals surface area contributed by atoms with Crippen LogP contribution in [0.3, 0.4) is 0 Å². The molecule has 57 heavy (non-hydrogen) atoms. The zero-order valence-corrected chi connectivity index (χ0v) is 31.7. The summed E-state index contributed by atoms with van der Waals surface area (Å²) in [6.07, 6.45) is 0. The molecule has 0 aliphatic heterocycles. The summed E-state index contributed by atoms with van der Waals surface area (Å²) in [6, 6.07) is 75.9. The lowest BCUT2D eigenvalue weighted by molar-refractivity contribution is 1.18. The molecule has 0 aliphatic carbocycles. The summed E-state index contributed by atoms with van der Waals surface area (Å²) in [6.45, 7) is 0. The minimum atomic E-state index is 1.14. The maximum Gasteiger partial charge on any atom is 0.0546 e. The SMILES string of the molecule is c1ccc(-n2c3ccccc3c3cc(-c4ccc(N(c5ccc6sc7ccccc7c6c5)c5cc6ccccc6c6ccccc56)c5ccccc45)ccc32)cc1. The van der Waals surface area contributed by atoms with Crippen molar-refractivity contribution in [3.8, 4) is 16.8 Å². The molecule has 0 saturated carbocycles. The van der Waals surface area contributed by atoms with E-state index in [0.29, 0.717) is 0 Å². The molecule has 0 radical (unpaired) electrons. The van der Waals surface area contributed by atoms with Gasteiger partial charge < -0.3 is 9.47 Å². The average molecular weight is 743 g/mol. The molecular formula is C54H34N2S. The van der Waals surface area contributed by atoms with Crippen LogP contribution in [0.5, 0.6) is 0 Å². The van der Waals surface area contributed by atoms with Crippen molar-refractivity contribution in [2.75, 3.05) is 4.90 Å². The molecule has 12 rings (SSSR count). The van der Waals surface area contributed by atoms with Crippen molar-refractivity contribution in [2.45, 2.75) is 0 Å². The van der Waals surface area contributed by atoms with Gasteiger partial charge in [-0.2, -0.15) is 0 Å². The predicted octanol–water partition coefficient (Wildman–Crippen LogP) is 15.7. The molecule has 0 amide bonds. The van der Waals surface area contributed by atoms with Crippen LogP contribution in [-0.4, -0.2) is 4.57 Å². The molecule has 12 aromatic rings. The third kappa shape index (κ3) is 4.96. The maximum atomic E-state index is 2.50. The molecule has 10 aromatic carbocycles. The summed E-state index contributed by atoms with van der Waals surface area (Å²) in [5.41, 5.74) is 9.46. The van der Waals surface area contributed by atoms with Crippen LogP contribution in [0.15, 0.2) is 206 Å². The molecule has 266 valence electrons. The third-order valence-corrected chi connectivity index (χ3v) is 12.9. The second kappa shape index (κ2) is 12.7. The van der Waals surface area contributed by atoms with Crippen LogP contribution in [0, 0.1) is 0 Å². The Kier molecular flexibility index (Phi) is 7.13. The second-order valence-electron chi connectivity index (χ2n) is 14.9. The fraction of sp³-hybridized carbons (Fsp3) is 0. The van der Waals surface area contributed by atoms with Crippen LogP contribution in [0.1, 0.15) is 0 Å². The standard InChI is InChI=1S/C54H34N2S/c1-2-15-37(16-3-1)55-49-24-12-10-22-45(49)47-32-36(26-29-51(47)55)40-28-30-50(43-20-8-6-19-42(40)43)56(38-27-31-54-48(34-38)46-23-11-13-25-53(46)57-54)52-33-35-14-4-5-17-39(35)41-18-7-9-21-44(41)52/h1-34H. The van der Waals surface area contributed by atoms with E-state index in [1.165, 1.54) is 91.1 Å². The van der Waals surface area contributed by atoms with Crippen molar-refractivity contribution < 1.29 is 0 Å². The molecule has 2 heterocycles. The van der Waals surface area contributed by atoms with E-state index in [0.717, 1.165) is 17.1 Å². The highest BCUT2D eigenvalue weighted by molar-refractivity contribution is 7.25. The zero-order valence-electron chi connectivity index (χ0n) is 30.9. The Labute approximate surface area is 333 Å². The fourth-order valence-corrected chi connectivity index (χ4v) is 10.3. The van der Waals surface area contributed by atoms with Gasteiger partial charge in [-0.1, -0.05) is 140 Å². The first-order valence-electron chi connectivity index (χ1n) is 19.5. The number of fused-ring (bicyclic) bond motifs is 10.